The van der Waals surface area contributed by atoms with Gasteiger partial charge < -0.3 is 5.32 Å². The highest BCUT2D eigenvalue weighted by Crippen LogP contribution is 2.20. The van der Waals surface area contributed by atoms with Gasteiger partial charge in [-0.05, 0) is 50.6 Å². The molecule has 0 saturated heterocycles. The predicted octanol–water partition coefficient (Wildman–Crippen LogP) is 3.21. The third-order valence-corrected chi connectivity index (χ3v) is 3.73. The van der Waals surface area contributed by atoms with Gasteiger partial charge in [-0.1, -0.05) is 15.9 Å². The summed E-state index contributed by atoms with van der Waals surface area (Å²) in [5.41, 5.74) is 3.79. The molecule has 0 aliphatic heterocycles. The first kappa shape index (κ1) is 13.8. The zero-order chi connectivity index (χ0) is 14.0. The van der Waals surface area contributed by atoms with Crippen LogP contribution in [-0.4, -0.2) is 15.7 Å². The Labute approximate surface area is 120 Å². The Morgan fingerprint density at radius 1 is 1.32 bits per heavy atom. The van der Waals surface area contributed by atoms with Crippen molar-refractivity contribution < 1.29 is 4.79 Å². The number of hydrogen-bond donors (Lipinski definition) is 1. The van der Waals surface area contributed by atoms with Gasteiger partial charge in [0.25, 0.3) is 0 Å². The van der Waals surface area contributed by atoms with Crippen LogP contribution >= 0.6 is 15.9 Å². The summed E-state index contributed by atoms with van der Waals surface area (Å²) in [4.78, 5) is 12.0. The summed E-state index contributed by atoms with van der Waals surface area (Å²) in [5, 5.41) is 7.15. The van der Waals surface area contributed by atoms with Crippen molar-refractivity contribution in [3.8, 4) is 0 Å². The molecule has 5 heteroatoms. The number of anilines is 1. The van der Waals surface area contributed by atoms with Gasteiger partial charge in [-0.2, -0.15) is 5.10 Å². The molecule has 4 nitrogen and oxygen atoms in total. The highest BCUT2D eigenvalue weighted by Gasteiger charge is 2.08. The van der Waals surface area contributed by atoms with E-state index in [-0.39, 0.29) is 12.5 Å². The molecule has 1 amide bonds. The molecule has 1 N–H and O–H groups in total. The SMILES string of the molecule is Cc1cc(C)n(CC(=O)Nc2ccc(Br)c(C)c2)n1. The molecule has 0 unspecified atom stereocenters. The van der Waals surface area contributed by atoms with Crippen LogP contribution in [0.3, 0.4) is 0 Å². The topological polar surface area (TPSA) is 46.9 Å². The van der Waals surface area contributed by atoms with E-state index in [1.807, 2.05) is 45.0 Å². The highest BCUT2D eigenvalue weighted by atomic mass is 79.9. The summed E-state index contributed by atoms with van der Waals surface area (Å²) >= 11 is 3.43. The van der Waals surface area contributed by atoms with Crippen LogP contribution in [0.2, 0.25) is 0 Å². The normalized spacial score (nSPS) is 10.5. The van der Waals surface area contributed by atoms with Crippen molar-refractivity contribution in [2.75, 3.05) is 5.32 Å². The Balaban J connectivity index is 2.05. The Morgan fingerprint density at radius 2 is 2.05 bits per heavy atom. The molecule has 0 aliphatic carbocycles. The minimum atomic E-state index is -0.0760. The van der Waals surface area contributed by atoms with Crippen molar-refractivity contribution in [1.29, 1.82) is 0 Å². The predicted molar refractivity (Wildman–Crippen MR) is 79.2 cm³/mol. The minimum absolute atomic E-state index is 0.0760. The molecular formula is C14H16BrN3O. The summed E-state index contributed by atoms with van der Waals surface area (Å²) < 4.78 is 2.74. The number of rotatable bonds is 3. The molecular weight excluding hydrogens is 306 g/mol. The van der Waals surface area contributed by atoms with Crippen LogP contribution < -0.4 is 5.32 Å². The average molecular weight is 322 g/mol. The van der Waals surface area contributed by atoms with E-state index in [9.17, 15) is 4.79 Å². The zero-order valence-corrected chi connectivity index (χ0v) is 12.8. The summed E-state index contributed by atoms with van der Waals surface area (Å²) in [6, 6.07) is 7.69. The summed E-state index contributed by atoms with van der Waals surface area (Å²) in [6.07, 6.45) is 0. The van der Waals surface area contributed by atoms with Crippen molar-refractivity contribution in [3.05, 3.63) is 45.7 Å². The fourth-order valence-corrected chi connectivity index (χ4v) is 2.14. The zero-order valence-electron chi connectivity index (χ0n) is 11.2. The summed E-state index contributed by atoms with van der Waals surface area (Å²) in [7, 11) is 0. The molecule has 1 heterocycles. The van der Waals surface area contributed by atoms with E-state index in [0.717, 1.165) is 27.1 Å². The van der Waals surface area contributed by atoms with Crippen LogP contribution in [0.25, 0.3) is 0 Å². The lowest BCUT2D eigenvalue weighted by Crippen LogP contribution is -2.20. The summed E-state index contributed by atoms with van der Waals surface area (Å²) in [5.74, 6) is -0.0760. The second-order valence-electron chi connectivity index (χ2n) is 4.60. The van der Waals surface area contributed by atoms with Crippen LogP contribution in [-0.2, 0) is 11.3 Å². The number of nitrogens with zero attached hydrogens (tertiary/aromatic N) is 2. The average Bonchev–Trinajstić information content (AvgIpc) is 2.62. The molecule has 2 rings (SSSR count). The molecule has 0 saturated carbocycles. The molecule has 1 aromatic heterocycles. The second kappa shape index (κ2) is 5.57. The first-order valence-electron chi connectivity index (χ1n) is 6.03. The van der Waals surface area contributed by atoms with Crippen molar-refractivity contribution in [2.24, 2.45) is 0 Å². The fraction of sp³-hybridized carbons (Fsp3) is 0.286. The van der Waals surface area contributed by atoms with E-state index in [2.05, 4.69) is 26.3 Å². The van der Waals surface area contributed by atoms with Gasteiger partial charge >= 0.3 is 0 Å². The molecule has 0 aliphatic rings. The van der Waals surface area contributed by atoms with Crippen LogP contribution in [0.5, 0.6) is 0 Å². The second-order valence-corrected chi connectivity index (χ2v) is 5.45. The fourth-order valence-electron chi connectivity index (χ4n) is 1.89. The van der Waals surface area contributed by atoms with Gasteiger partial charge in [0.15, 0.2) is 0 Å². The van der Waals surface area contributed by atoms with Crippen LogP contribution in [0, 0.1) is 20.8 Å². The largest absolute Gasteiger partial charge is 0.324 e. The Morgan fingerprint density at radius 3 is 2.63 bits per heavy atom. The standard InChI is InChI=1S/C14H16BrN3O/c1-9-6-12(4-5-13(9)15)16-14(19)8-18-11(3)7-10(2)17-18/h4-7H,8H2,1-3H3,(H,16,19). The van der Waals surface area contributed by atoms with Gasteiger partial charge in [-0.15, -0.1) is 0 Å². The Kier molecular flexibility index (Phi) is 4.04. The molecule has 0 spiro atoms. The van der Waals surface area contributed by atoms with Crippen molar-refractivity contribution >= 4 is 27.5 Å². The molecule has 0 radical (unpaired) electrons. The number of halogens is 1. The van der Waals surface area contributed by atoms with Gasteiger partial charge in [0.2, 0.25) is 5.91 Å². The molecule has 2 aromatic rings. The minimum Gasteiger partial charge on any atom is -0.324 e. The maximum absolute atomic E-state index is 12.0. The maximum Gasteiger partial charge on any atom is 0.246 e. The van der Waals surface area contributed by atoms with Crippen LogP contribution in [0.1, 0.15) is 17.0 Å². The van der Waals surface area contributed by atoms with Gasteiger partial charge in [0, 0.05) is 15.9 Å². The smallest absolute Gasteiger partial charge is 0.246 e. The lowest BCUT2D eigenvalue weighted by atomic mass is 10.2. The van der Waals surface area contributed by atoms with Gasteiger partial charge in [0.1, 0.15) is 6.54 Å². The first-order valence-corrected chi connectivity index (χ1v) is 6.82. The monoisotopic (exact) mass is 321 g/mol. The summed E-state index contributed by atoms with van der Waals surface area (Å²) in [6.45, 7) is 6.08. The number of benzene rings is 1. The quantitative estimate of drug-likeness (QED) is 0.943. The van der Waals surface area contributed by atoms with E-state index < -0.39 is 0 Å². The maximum atomic E-state index is 12.0. The Hall–Kier alpha value is -1.62. The number of nitrogens with one attached hydrogen (secondary N) is 1. The third kappa shape index (κ3) is 3.44. The van der Waals surface area contributed by atoms with E-state index in [1.165, 1.54) is 0 Å². The number of aromatic nitrogens is 2. The molecule has 19 heavy (non-hydrogen) atoms. The number of aryl methyl sites for hydroxylation is 3. The van der Waals surface area contributed by atoms with Gasteiger partial charge in [0.05, 0.1) is 5.69 Å². The third-order valence-electron chi connectivity index (χ3n) is 2.84. The van der Waals surface area contributed by atoms with Gasteiger partial charge in [-0.3, -0.25) is 9.48 Å². The number of carbonyl (C=O) groups excluding carboxylic acids is 1. The van der Waals surface area contributed by atoms with E-state index in [4.69, 9.17) is 0 Å². The van der Waals surface area contributed by atoms with E-state index >= 15 is 0 Å². The molecule has 0 fully saturated rings. The lowest BCUT2D eigenvalue weighted by Gasteiger charge is -2.08. The molecule has 0 atom stereocenters. The molecule has 1 aromatic carbocycles. The number of amides is 1. The number of hydrogen-bond acceptors (Lipinski definition) is 2. The molecule has 100 valence electrons. The molecule has 0 bridgehead atoms. The van der Waals surface area contributed by atoms with Crippen molar-refractivity contribution in [1.82, 2.24) is 9.78 Å². The number of carbonyl (C=O) groups is 1. The van der Waals surface area contributed by atoms with E-state index in [0.29, 0.717) is 0 Å². The van der Waals surface area contributed by atoms with Crippen LogP contribution in [0.4, 0.5) is 5.69 Å². The first-order chi connectivity index (χ1) is 8.95. The van der Waals surface area contributed by atoms with Gasteiger partial charge in [-0.25, -0.2) is 0 Å². The van der Waals surface area contributed by atoms with Crippen LogP contribution in [0.15, 0.2) is 28.7 Å². The van der Waals surface area contributed by atoms with E-state index in [1.54, 1.807) is 4.68 Å². The highest BCUT2D eigenvalue weighted by molar-refractivity contribution is 9.10. The van der Waals surface area contributed by atoms with Crippen molar-refractivity contribution in [3.63, 3.8) is 0 Å². The Bertz CT molecular complexity index is 619. The lowest BCUT2D eigenvalue weighted by molar-refractivity contribution is -0.116. The van der Waals surface area contributed by atoms with Crippen molar-refractivity contribution in [2.45, 2.75) is 27.3 Å².